The van der Waals surface area contributed by atoms with Gasteiger partial charge in [-0.25, -0.2) is 9.59 Å². The molecule has 1 heterocycles. The van der Waals surface area contributed by atoms with E-state index in [0.29, 0.717) is 18.4 Å². The van der Waals surface area contributed by atoms with Crippen LogP contribution in [0.3, 0.4) is 0 Å². The molecule has 1 saturated carbocycles. The number of carbonyl (C=O) groups is 2. The number of hydrogen-bond donors (Lipinski definition) is 2. The number of ether oxygens (including phenoxy) is 2. The van der Waals surface area contributed by atoms with Crippen LogP contribution in [-0.4, -0.2) is 45.6 Å². The van der Waals surface area contributed by atoms with Crippen LogP contribution in [0.4, 0.5) is 0 Å². The second kappa shape index (κ2) is 5.92. The number of esters is 2. The molecule has 144 valence electrons. The lowest BCUT2D eigenvalue weighted by molar-refractivity contribution is -0.175. The molecule has 6 heteroatoms. The van der Waals surface area contributed by atoms with E-state index < -0.39 is 46.7 Å². The summed E-state index contributed by atoms with van der Waals surface area (Å²) >= 11 is 0. The topological polar surface area (TPSA) is 93.1 Å². The average molecular weight is 364 g/mol. The third-order valence-electron chi connectivity index (χ3n) is 6.77. The molecule has 2 N–H and O–H groups in total. The number of rotatable bonds is 2. The number of allylic oxidation sites excluding steroid dienone is 1. The van der Waals surface area contributed by atoms with Gasteiger partial charge < -0.3 is 19.7 Å². The van der Waals surface area contributed by atoms with Crippen LogP contribution in [0.25, 0.3) is 0 Å². The quantitative estimate of drug-likeness (QED) is 0.442. The van der Waals surface area contributed by atoms with E-state index in [2.05, 4.69) is 0 Å². The second-order valence-electron chi connectivity index (χ2n) is 8.50. The Morgan fingerprint density at radius 1 is 1.38 bits per heavy atom. The number of aliphatic hydroxyl groups is 2. The molecule has 2 aliphatic carbocycles. The Morgan fingerprint density at radius 3 is 2.65 bits per heavy atom. The first-order chi connectivity index (χ1) is 12.0. The molecule has 3 rings (SSSR count). The smallest absolute Gasteiger partial charge is 0.351 e. The van der Waals surface area contributed by atoms with Crippen molar-refractivity contribution >= 4 is 11.9 Å². The first-order valence-electron chi connectivity index (χ1n) is 9.14. The first-order valence-corrected chi connectivity index (χ1v) is 9.14. The maximum Gasteiger partial charge on any atom is 0.351 e. The van der Waals surface area contributed by atoms with Crippen molar-refractivity contribution in [3.05, 3.63) is 23.8 Å². The van der Waals surface area contributed by atoms with Gasteiger partial charge in [0.15, 0.2) is 0 Å². The molecule has 7 atom stereocenters. The lowest BCUT2D eigenvalue weighted by Gasteiger charge is -2.55. The molecule has 26 heavy (non-hydrogen) atoms. The molecule has 0 bridgehead atoms. The molecule has 3 aliphatic rings. The summed E-state index contributed by atoms with van der Waals surface area (Å²) in [4.78, 5) is 25.0. The van der Waals surface area contributed by atoms with Gasteiger partial charge in [-0.05, 0) is 40.5 Å². The summed E-state index contributed by atoms with van der Waals surface area (Å²) in [5.41, 5.74) is -2.82. The fourth-order valence-corrected chi connectivity index (χ4v) is 4.97. The lowest BCUT2D eigenvalue weighted by Crippen LogP contribution is -2.61. The van der Waals surface area contributed by atoms with Gasteiger partial charge in [-0.3, -0.25) is 0 Å². The van der Waals surface area contributed by atoms with Crippen molar-refractivity contribution in [3.8, 4) is 0 Å². The van der Waals surface area contributed by atoms with Crippen LogP contribution >= 0.6 is 0 Å². The predicted molar refractivity (Wildman–Crippen MR) is 93.9 cm³/mol. The average Bonchev–Trinajstić information content (AvgIpc) is 2.80. The first kappa shape index (κ1) is 19.1. The number of carbonyl (C=O) groups excluding carboxylic acids is 2. The SMILES string of the molecule is C/C=C(/C)C(=O)O[C@]1(C)C(=O)O[C@@H]2[C@H]1CC[C@]1(C)[C@@H](O)C=C[C@@](C)(O)[C@@H]21. The van der Waals surface area contributed by atoms with E-state index in [4.69, 9.17) is 9.47 Å². The van der Waals surface area contributed by atoms with Gasteiger partial charge in [0.2, 0.25) is 5.60 Å². The minimum atomic E-state index is -1.39. The summed E-state index contributed by atoms with van der Waals surface area (Å²) in [6.45, 7) is 8.53. The van der Waals surface area contributed by atoms with Crippen LogP contribution in [0.2, 0.25) is 0 Å². The summed E-state index contributed by atoms with van der Waals surface area (Å²) in [5, 5.41) is 21.5. The predicted octanol–water partition coefficient (Wildman–Crippen LogP) is 1.89. The maximum atomic E-state index is 12.7. The minimum Gasteiger partial charge on any atom is -0.458 e. The molecule has 0 aromatic heterocycles. The zero-order valence-corrected chi connectivity index (χ0v) is 16.0. The third kappa shape index (κ3) is 2.54. The van der Waals surface area contributed by atoms with Crippen molar-refractivity contribution in [2.75, 3.05) is 0 Å². The molecular weight excluding hydrogens is 336 g/mol. The van der Waals surface area contributed by atoms with Gasteiger partial charge in [-0.2, -0.15) is 0 Å². The Balaban J connectivity index is 1.98. The van der Waals surface area contributed by atoms with Gasteiger partial charge in [0.25, 0.3) is 0 Å². The molecule has 0 radical (unpaired) electrons. The van der Waals surface area contributed by atoms with Gasteiger partial charge in [-0.15, -0.1) is 0 Å². The lowest BCUT2D eigenvalue weighted by atomic mass is 9.52. The van der Waals surface area contributed by atoms with Crippen LogP contribution in [0, 0.1) is 17.3 Å². The summed E-state index contributed by atoms with van der Waals surface area (Å²) in [5.74, 6) is -1.99. The zero-order chi connectivity index (χ0) is 19.5. The molecule has 0 spiro atoms. The molecular formula is C20H28O6. The number of hydrogen-bond acceptors (Lipinski definition) is 6. The molecule has 0 unspecified atom stereocenters. The summed E-state index contributed by atoms with van der Waals surface area (Å²) < 4.78 is 11.3. The molecule has 0 aromatic rings. The van der Waals surface area contributed by atoms with Gasteiger partial charge in [0.1, 0.15) is 6.10 Å². The highest BCUT2D eigenvalue weighted by molar-refractivity contribution is 5.92. The largest absolute Gasteiger partial charge is 0.458 e. The molecule has 0 amide bonds. The second-order valence-corrected chi connectivity index (χ2v) is 8.50. The van der Waals surface area contributed by atoms with E-state index in [1.807, 2.05) is 6.92 Å². The Labute approximate surface area is 153 Å². The Morgan fingerprint density at radius 2 is 2.04 bits per heavy atom. The van der Waals surface area contributed by atoms with Crippen molar-refractivity contribution in [2.24, 2.45) is 17.3 Å². The standard InChI is InChI=1S/C20H28O6/c1-6-11(2)16(22)26-20(5)12-7-9-18(3)13(21)8-10-19(4,24)15(18)14(12)25-17(20)23/h6,8,10,12-15,21,24H,7,9H2,1-5H3/b11-6-/t12-,13+,14-,15+,18-,19-,20+/m1/s1. The van der Waals surface area contributed by atoms with Gasteiger partial charge >= 0.3 is 11.9 Å². The Hall–Kier alpha value is -1.66. The molecule has 6 nitrogen and oxygen atoms in total. The van der Waals surface area contributed by atoms with Crippen LogP contribution in [0.1, 0.15) is 47.5 Å². The van der Waals surface area contributed by atoms with E-state index in [1.165, 1.54) is 0 Å². The van der Waals surface area contributed by atoms with E-state index in [0.717, 1.165) is 0 Å². The van der Waals surface area contributed by atoms with E-state index in [1.54, 1.807) is 45.9 Å². The Bertz CT molecular complexity index is 692. The summed E-state index contributed by atoms with van der Waals surface area (Å²) in [6, 6.07) is 0. The monoisotopic (exact) mass is 364 g/mol. The van der Waals surface area contributed by atoms with Crippen LogP contribution in [-0.2, 0) is 19.1 Å². The molecule has 2 fully saturated rings. The molecule has 1 aliphatic heterocycles. The highest BCUT2D eigenvalue weighted by Crippen LogP contribution is 2.58. The minimum absolute atomic E-state index is 0.369. The highest BCUT2D eigenvalue weighted by Gasteiger charge is 2.68. The normalized spacial score (nSPS) is 47.8. The van der Waals surface area contributed by atoms with Crippen molar-refractivity contribution in [3.63, 3.8) is 0 Å². The van der Waals surface area contributed by atoms with E-state index in [-0.39, 0.29) is 5.92 Å². The fourth-order valence-electron chi connectivity index (χ4n) is 4.97. The zero-order valence-electron chi connectivity index (χ0n) is 16.0. The van der Waals surface area contributed by atoms with Crippen molar-refractivity contribution in [1.82, 2.24) is 0 Å². The maximum absolute atomic E-state index is 12.7. The fraction of sp³-hybridized carbons (Fsp3) is 0.700. The van der Waals surface area contributed by atoms with Crippen molar-refractivity contribution in [2.45, 2.75) is 70.9 Å². The molecule has 1 saturated heterocycles. The van der Waals surface area contributed by atoms with E-state index in [9.17, 15) is 19.8 Å². The third-order valence-corrected chi connectivity index (χ3v) is 6.77. The Kier molecular flexibility index (Phi) is 4.36. The highest BCUT2D eigenvalue weighted by atomic mass is 16.6. The van der Waals surface area contributed by atoms with E-state index >= 15 is 0 Å². The van der Waals surface area contributed by atoms with Gasteiger partial charge in [0, 0.05) is 22.8 Å². The van der Waals surface area contributed by atoms with Crippen molar-refractivity contribution in [1.29, 1.82) is 0 Å². The summed E-state index contributed by atoms with van der Waals surface area (Å²) in [7, 11) is 0. The summed E-state index contributed by atoms with van der Waals surface area (Å²) in [6.07, 6.45) is 4.62. The number of fused-ring (bicyclic) bond motifs is 3. The van der Waals surface area contributed by atoms with Gasteiger partial charge in [0.05, 0.1) is 11.7 Å². The van der Waals surface area contributed by atoms with Gasteiger partial charge in [-0.1, -0.05) is 25.2 Å². The van der Waals surface area contributed by atoms with Crippen molar-refractivity contribution < 1.29 is 29.3 Å². The van der Waals surface area contributed by atoms with Crippen LogP contribution in [0.5, 0.6) is 0 Å². The van der Waals surface area contributed by atoms with Crippen LogP contribution in [0.15, 0.2) is 23.8 Å². The number of aliphatic hydroxyl groups excluding tert-OH is 1. The molecule has 0 aromatic carbocycles. The van der Waals surface area contributed by atoms with Crippen LogP contribution < -0.4 is 0 Å².